The average Bonchev–Trinajstić information content (AvgIpc) is 2.20. The number of halogens is 3. The van der Waals surface area contributed by atoms with Crippen LogP contribution in [0.1, 0.15) is 5.56 Å². The van der Waals surface area contributed by atoms with Crippen molar-refractivity contribution in [2.24, 2.45) is 0 Å². The molecule has 16 heavy (non-hydrogen) atoms. The van der Waals surface area contributed by atoms with Crippen molar-refractivity contribution in [2.75, 3.05) is 0 Å². The Balaban J connectivity index is 2.63. The zero-order valence-electron chi connectivity index (χ0n) is 8.47. The lowest BCUT2D eigenvalue weighted by Gasteiger charge is -2.07. The summed E-state index contributed by atoms with van der Waals surface area (Å²) < 4.78 is 0. The van der Waals surface area contributed by atoms with E-state index in [0.717, 1.165) is 16.7 Å². The fourth-order valence-electron chi connectivity index (χ4n) is 1.49. The quantitative estimate of drug-likeness (QED) is 0.664. The van der Waals surface area contributed by atoms with Gasteiger partial charge in [-0.3, -0.25) is 0 Å². The maximum absolute atomic E-state index is 6.23. The predicted octanol–water partition coefficient (Wildman–Crippen LogP) is 5.02. The molecular weight excluding hydrogens is 264 g/mol. The van der Waals surface area contributed by atoms with Crippen LogP contribution in [-0.4, -0.2) is 4.98 Å². The van der Waals surface area contributed by atoms with Gasteiger partial charge in [0.25, 0.3) is 0 Å². The first kappa shape index (κ1) is 11.7. The van der Waals surface area contributed by atoms with Crippen LogP contribution in [0.15, 0.2) is 30.3 Å². The van der Waals surface area contributed by atoms with Gasteiger partial charge in [-0.05, 0) is 30.2 Å². The summed E-state index contributed by atoms with van der Waals surface area (Å²) >= 11 is 17.9. The maximum atomic E-state index is 6.23. The number of benzene rings is 1. The van der Waals surface area contributed by atoms with Gasteiger partial charge < -0.3 is 0 Å². The van der Waals surface area contributed by atoms with Crippen LogP contribution in [0.5, 0.6) is 0 Å². The van der Waals surface area contributed by atoms with Gasteiger partial charge in [0.1, 0.15) is 10.3 Å². The Kier molecular flexibility index (Phi) is 3.38. The van der Waals surface area contributed by atoms with Gasteiger partial charge >= 0.3 is 0 Å². The molecule has 1 aromatic heterocycles. The Bertz CT molecular complexity index is 518. The van der Waals surface area contributed by atoms with Crippen molar-refractivity contribution in [1.29, 1.82) is 0 Å². The molecule has 2 aromatic rings. The molecule has 1 nitrogen and oxygen atoms in total. The number of rotatable bonds is 1. The summed E-state index contributed by atoms with van der Waals surface area (Å²) in [5.41, 5.74) is 2.80. The molecule has 1 heterocycles. The van der Waals surface area contributed by atoms with E-state index in [1.165, 1.54) is 0 Å². The average molecular weight is 273 g/mol. The predicted molar refractivity (Wildman–Crippen MR) is 69.4 cm³/mol. The van der Waals surface area contributed by atoms with Crippen LogP contribution in [0, 0.1) is 6.92 Å². The first-order valence-electron chi connectivity index (χ1n) is 4.66. The first-order valence-corrected chi connectivity index (χ1v) is 5.80. The minimum atomic E-state index is 0.361. The molecule has 0 amide bonds. The van der Waals surface area contributed by atoms with E-state index in [9.17, 15) is 0 Å². The third-order valence-corrected chi connectivity index (χ3v) is 3.15. The number of hydrogen-bond acceptors (Lipinski definition) is 1. The van der Waals surface area contributed by atoms with Gasteiger partial charge in [0.05, 0.1) is 5.02 Å². The number of aryl methyl sites for hydroxylation is 1. The lowest BCUT2D eigenvalue weighted by molar-refractivity contribution is 1.33. The van der Waals surface area contributed by atoms with Crippen molar-refractivity contribution in [1.82, 2.24) is 4.98 Å². The number of pyridine rings is 1. The molecule has 0 aliphatic carbocycles. The van der Waals surface area contributed by atoms with Crippen molar-refractivity contribution in [3.8, 4) is 11.1 Å². The summed E-state index contributed by atoms with van der Waals surface area (Å²) in [4.78, 5) is 3.90. The molecule has 2 rings (SSSR count). The Labute approximate surface area is 109 Å². The van der Waals surface area contributed by atoms with Gasteiger partial charge in [-0.15, -0.1) is 0 Å². The summed E-state index contributed by atoms with van der Waals surface area (Å²) in [6.07, 6.45) is 0. The van der Waals surface area contributed by atoms with Crippen molar-refractivity contribution < 1.29 is 0 Å². The topological polar surface area (TPSA) is 12.9 Å². The van der Waals surface area contributed by atoms with E-state index in [0.29, 0.717) is 15.3 Å². The highest BCUT2D eigenvalue weighted by Crippen LogP contribution is 2.32. The number of hydrogen-bond donors (Lipinski definition) is 0. The summed E-state index contributed by atoms with van der Waals surface area (Å²) in [6, 6.07) is 9.31. The summed E-state index contributed by atoms with van der Waals surface area (Å²) in [5.74, 6) is 0. The Morgan fingerprint density at radius 1 is 1.00 bits per heavy atom. The van der Waals surface area contributed by atoms with Crippen LogP contribution in [-0.2, 0) is 0 Å². The summed E-state index contributed by atoms with van der Waals surface area (Å²) in [6.45, 7) is 1.95. The zero-order valence-corrected chi connectivity index (χ0v) is 10.7. The zero-order chi connectivity index (χ0) is 11.7. The minimum absolute atomic E-state index is 0.361. The van der Waals surface area contributed by atoms with E-state index in [4.69, 9.17) is 34.8 Å². The molecule has 0 atom stereocenters. The molecule has 0 aliphatic rings. The molecular formula is C12H8Cl3N. The fraction of sp³-hybridized carbons (Fsp3) is 0.0833. The van der Waals surface area contributed by atoms with Crippen LogP contribution >= 0.6 is 34.8 Å². The third kappa shape index (κ3) is 2.32. The SMILES string of the molecule is Cc1cccc(-c2cc(Cl)nc(Cl)c2)c1Cl. The molecule has 0 N–H and O–H groups in total. The Morgan fingerprint density at radius 2 is 1.62 bits per heavy atom. The smallest absolute Gasteiger partial charge is 0.131 e. The third-order valence-electron chi connectivity index (χ3n) is 2.27. The molecule has 0 bridgehead atoms. The molecule has 0 aliphatic heterocycles. The van der Waals surface area contributed by atoms with Gasteiger partial charge in [-0.2, -0.15) is 0 Å². The van der Waals surface area contributed by atoms with Crippen LogP contribution < -0.4 is 0 Å². The molecule has 0 radical (unpaired) electrons. The van der Waals surface area contributed by atoms with Gasteiger partial charge in [-0.1, -0.05) is 53.0 Å². The second-order valence-corrected chi connectivity index (χ2v) is 4.59. The van der Waals surface area contributed by atoms with E-state index in [-0.39, 0.29) is 0 Å². The lowest BCUT2D eigenvalue weighted by Crippen LogP contribution is -1.85. The minimum Gasteiger partial charge on any atom is -0.224 e. The van der Waals surface area contributed by atoms with E-state index >= 15 is 0 Å². The Hall–Kier alpha value is -0.760. The molecule has 1 aromatic carbocycles. The monoisotopic (exact) mass is 271 g/mol. The normalized spacial score (nSPS) is 10.5. The van der Waals surface area contributed by atoms with E-state index in [2.05, 4.69) is 4.98 Å². The maximum Gasteiger partial charge on any atom is 0.131 e. The molecule has 0 saturated heterocycles. The van der Waals surface area contributed by atoms with Gasteiger partial charge in [-0.25, -0.2) is 4.98 Å². The van der Waals surface area contributed by atoms with Crippen LogP contribution in [0.2, 0.25) is 15.3 Å². The molecule has 0 unspecified atom stereocenters. The van der Waals surface area contributed by atoms with E-state index < -0.39 is 0 Å². The van der Waals surface area contributed by atoms with Crippen molar-refractivity contribution in [3.63, 3.8) is 0 Å². The molecule has 0 saturated carbocycles. The summed E-state index contributed by atoms with van der Waals surface area (Å²) in [5, 5.41) is 1.43. The molecule has 82 valence electrons. The lowest BCUT2D eigenvalue weighted by atomic mass is 10.0. The highest BCUT2D eigenvalue weighted by atomic mass is 35.5. The standard InChI is InChI=1S/C12H8Cl3N/c1-7-3-2-4-9(12(7)15)8-5-10(13)16-11(14)6-8/h2-6H,1H3. The van der Waals surface area contributed by atoms with Crippen molar-refractivity contribution >= 4 is 34.8 Å². The Morgan fingerprint density at radius 3 is 2.25 bits per heavy atom. The molecule has 0 spiro atoms. The van der Waals surface area contributed by atoms with Gasteiger partial charge in [0, 0.05) is 5.56 Å². The second kappa shape index (κ2) is 4.62. The molecule has 0 fully saturated rings. The van der Waals surface area contributed by atoms with Gasteiger partial charge in [0.2, 0.25) is 0 Å². The number of aromatic nitrogens is 1. The molecule has 4 heteroatoms. The van der Waals surface area contributed by atoms with E-state index in [1.807, 2.05) is 25.1 Å². The van der Waals surface area contributed by atoms with Gasteiger partial charge in [0.15, 0.2) is 0 Å². The van der Waals surface area contributed by atoms with Crippen LogP contribution in [0.3, 0.4) is 0 Å². The van der Waals surface area contributed by atoms with Crippen LogP contribution in [0.4, 0.5) is 0 Å². The highest BCUT2D eigenvalue weighted by Gasteiger charge is 2.07. The van der Waals surface area contributed by atoms with Crippen LogP contribution in [0.25, 0.3) is 11.1 Å². The number of nitrogens with zero attached hydrogens (tertiary/aromatic N) is 1. The summed E-state index contributed by atoms with van der Waals surface area (Å²) in [7, 11) is 0. The van der Waals surface area contributed by atoms with Crippen molar-refractivity contribution in [2.45, 2.75) is 6.92 Å². The fourth-order valence-corrected chi connectivity index (χ4v) is 2.19. The first-order chi connectivity index (χ1) is 7.58. The highest BCUT2D eigenvalue weighted by molar-refractivity contribution is 6.35. The second-order valence-electron chi connectivity index (χ2n) is 3.44. The van der Waals surface area contributed by atoms with Crippen molar-refractivity contribution in [3.05, 3.63) is 51.2 Å². The van der Waals surface area contributed by atoms with E-state index in [1.54, 1.807) is 12.1 Å². The largest absolute Gasteiger partial charge is 0.224 e.